The van der Waals surface area contributed by atoms with E-state index in [2.05, 4.69) is 45.9 Å². The molecule has 0 aromatic carbocycles. The largest absolute Gasteiger partial charge is 0.224 e. The van der Waals surface area contributed by atoms with Crippen LogP contribution in [0.3, 0.4) is 0 Å². The van der Waals surface area contributed by atoms with Crippen molar-refractivity contribution in [2.45, 2.75) is 11.3 Å². The number of rotatable bonds is 0. The Hall–Kier alpha value is 2.16. The van der Waals surface area contributed by atoms with Crippen molar-refractivity contribution in [2.75, 3.05) is 0 Å². The third-order valence-corrected chi connectivity index (χ3v) is 26.9. The van der Waals surface area contributed by atoms with Gasteiger partial charge in [-0.3, -0.25) is 0 Å². The van der Waals surface area contributed by atoms with Crippen molar-refractivity contribution in [3.05, 3.63) is 0 Å². The molecule has 1 aliphatic rings. The highest BCUT2D eigenvalue weighted by Gasteiger charge is 2.54. The molecule has 1 heterocycles. The fourth-order valence-electron chi connectivity index (χ4n) is 0.705. The SMILES string of the molecule is Cl[Si]1(Br)C[Si](Br)(Br)C1. The second-order valence-corrected chi connectivity index (χ2v) is 28.7. The van der Waals surface area contributed by atoms with Crippen molar-refractivity contribution < 1.29 is 0 Å². The average Bonchev–Trinajstić information content (AvgIpc) is 1.20. The Balaban J connectivity index is 2.42. The van der Waals surface area contributed by atoms with Gasteiger partial charge < -0.3 is 0 Å². The highest BCUT2D eigenvalue weighted by molar-refractivity contribution is 9.52. The molecule has 1 saturated heterocycles. The van der Waals surface area contributed by atoms with Crippen molar-refractivity contribution in [2.24, 2.45) is 0 Å². The van der Waals surface area contributed by atoms with Gasteiger partial charge in [0.2, 0.25) is 6.00 Å². The monoisotopic (exact) mass is 356 g/mol. The van der Waals surface area contributed by atoms with Crippen molar-refractivity contribution >= 4 is 68.3 Å². The number of hydrogen-bond donors (Lipinski definition) is 0. The predicted molar refractivity (Wildman–Crippen MR) is 53.8 cm³/mol. The lowest BCUT2D eigenvalue weighted by Crippen LogP contribution is -2.47. The second-order valence-electron chi connectivity index (χ2n) is 2.07. The van der Waals surface area contributed by atoms with Gasteiger partial charge in [0, 0.05) is 0 Å². The van der Waals surface area contributed by atoms with E-state index in [9.17, 15) is 0 Å². The molecule has 48 valence electrons. The molecule has 1 rings (SSSR count). The van der Waals surface area contributed by atoms with Crippen LogP contribution in [0.5, 0.6) is 0 Å². The van der Waals surface area contributed by atoms with Crippen LogP contribution in [0.15, 0.2) is 0 Å². The Bertz CT molecular complexity index is 91.9. The molecule has 0 aliphatic carbocycles. The van der Waals surface area contributed by atoms with Gasteiger partial charge in [-0.1, -0.05) is 0 Å². The van der Waals surface area contributed by atoms with Crippen LogP contribution in [-0.2, 0) is 0 Å². The van der Waals surface area contributed by atoms with Crippen molar-refractivity contribution in [1.29, 1.82) is 0 Å². The molecule has 1 fully saturated rings. The summed E-state index contributed by atoms with van der Waals surface area (Å²) in [4.78, 5) is 0. The summed E-state index contributed by atoms with van der Waals surface area (Å²) in [5.41, 5.74) is 2.39. The predicted octanol–water partition coefficient (Wildman–Crippen LogP) is 3.39. The Morgan fingerprint density at radius 3 is 1.50 bits per heavy atom. The number of halogens is 4. The van der Waals surface area contributed by atoms with Gasteiger partial charge in [0.1, 0.15) is 0 Å². The molecular weight excluding hydrogens is 355 g/mol. The minimum atomic E-state index is -1.33. The van der Waals surface area contributed by atoms with E-state index in [0.29, 0.717) is 0 Å². The molecule has 0 nitrogen and oxygen atoms in total. The zero-order valence-corrected chi connectivity index (χ0v) is 11.4. The van der Waals surface area contributed by atoms with E-state index in [4.69, 9.17) is 11.1 Å². The van der Waals surface area contributed by atoms with Crippen LogP contribution in [0, 0.1) is 0 Å². The van der Waals surface area contributed by atoms with Gasteiger partial charge in [-0.2, -0.15) is 11.1 Å². The van der Waals surface area contributed by atoms with E-state index in [-0.39, 0.29) is 0 Å². The Morgan fingerprint density at radius 1 is 1.12 bits per heavy atom. The molecule has 0 radical (unpaired) electrons. The quantitative estimate of drug-likeness (QED) is 0.459. The smallest absolute Gasteiger partial charge is 0.152 e. The van der Waals surface area contributed by atoms with Crippen LogP contribution in [0.4, 0.5) is 0 Å². The Kier molecular flexibility index (Phi) is 2.41. The molecule has 0 saturated carbocycles. The molecule has 0 aromatic rings. The Labute approximate surface area is 78.8 Å². The molecule has 0 amide bonds. The van der Waals surface area contributed by atoms with E-state index >= 15 is 0 Å². The van der Waals surface area contributed by atoms with E-state index in [1.165, 1.54) is 11.3 Å². The van der Waals surface area contributed by atoms with Crippen molar-refractivity contribution in [1.82, 2.24) is 0 Å². The molecule has 0 unspecified atom stereocenters. The highest BCUT2D eigenvalue weighted by Crippen LogP contribution is 2.53. The van der Waals surface area contributed by atoms with Gasteiger partial charge in [-0.05, 0) is 11.3 Å². The first kappa shape index (κ1) is 8.26. The fourth-order valence-corrected chi connectivity index (χ4v) is 55.7. The van der Waals surface area contributed by atoms with Crippen LogP contribution in [-0.4, -0.2) is 11.3 Å². The normalized spacial score (nSPS) is 31.5. The van der Waals surface area contributed by atoms with Gasteiger partial charge in [-0.25, -0.2) is 0 Å². The lowest BCUT2D eigenvalue weighted by Gasteiger charge is -2.37. The molecule has 6 heteroatoms. The summed E-state index contributed by atoms with van der Waals surface area (Å²) in [6, 6.07) is -1.33. The van der Waals surface area contributed by atoms with Crippen molar-refractivity contribution in [3.63, 3.8) is 0 Å². The lowest BCUT2D eigenvalue weighted by molar-refractivity contribution is 1.64. The maximum absolute atomic E-state index is 6.02. The highest BCUT2D eigenvalue weighted by atomic mass is 79.9. The first-order valence-corrected chi connectivity index (χ1v) is 14.8. The summed E-state index contributed by atoms with van der Waals surface area (Å²) in [5.74, 6) is 0. The minimum absolute atomic E-state index is 1.08. The van der Waals surface area contributed by atoms with E-state index < -0.39 is 11.3 Å². The first-order chi connectivity index (χ1) is 3.41. The van der Waals surface area contributed by atoms with Crippen molar-refractivity contribution in [3.8, 4) is 0 Å². The van der Waals surface area contributed by atoms with Crippen LogP contribution in [0.1, 0.15) is 0 Å². The Morgan fingerprint density at radius 2 is 1.50 bits per heavy atom. The lowest BCUT2D eigenvalue weighted by atomic mass is 11.8. The van der Waals surface area contributed by atoms with Gasteiger partial charge in [0.15, 0.2) is 5.31 Å². The molecule has 0 N–H and O–H groups in total. The zero-order chi connectivity index (χ0) is 6.41. The molecular formula is C2H4Br3ClSi2. The zero-order valence-electron chi connectivity index (χ0n) is 3.93. The third-order valence-electron chi connectivity index (χ3n) is 1.03. The molecule has 0 spiro atoms. The third kappa shape index (κ3) is 2.09. The summed E-state index contributed by atoms with van der Waals surface area (Å²) >= 11 is 16.8. The molecule has 0 aromatic heterocycles. The van der Waals surface area contributed by atoms with Gasteiger partial charge in [0.05, 0.1) is 0 Å². The first-order valence-electron chi connectivity index (χ1n) is 2.17. The van der Waals surface area contributed by atoms with E-state index in [0.717, 1.165) is 0 Å². The average molecular weight is 359 g/mol. The van der Waals surface area contributed by atoms with Gasteiger partial charge in [0.25, 0.3) is 0 Å². The summed E-state index contributed by atoms with van der Waals surface area (Å²) in [6.07, 6.45) is 0. The van der Waals surface area contributed by atoms with Crippen LogP contribution >= 0.6 is 57.0 Å². The maximum atomic E-state index is 6.02. The van der Waals surface area contributed by atoms with Crippen LogP contribution in [0.2, 0.25) is 11.3 Å². The van der Waals surface area contributed by atoms with Gasteiger partial charge >= 0.3 is 0 Å². The van der Waals surface area contributed by atoms with E-state index in [1.54, 1.807) is 0 Å². The number of hydrogen-bond acceptors (Lipinski definition) is 0. The standard InChI is InChI=1S/C2H4Br3ClSi2/c3-7(4)1-8(5,6)2-7/h1-2H2. The summed E-state index contributed by atoms with van der Waals surface area (Å²) < 4.78 is 0. The molecule has 8 heavy (non-hydrogen) atoms. The summed E-state index contributed by atoms with van der Waals surface area (Å²) in [6.45, 7) is 0. The minimum Gasteiger partial charge on any atom is -0.152 e. The fraction of sp³-hybridized carbons (Fsp3) is 1.00. The summed E-state index contributed by atoms with van der Waals surface area (Å²) in [7, 11) is 0. The molecule has 1 aliphatic heterocycles. The molecule has 0 bridgehead atoms. The van der Waals surface area contributed by atoms with E-state index in [1.807, 2.05) is 0 Å². The maximum Gasteiger partial charge on any atom is 0.224 e. The summed E-state index contributed by atoms with van der Waals surface area (Å²) in [5, 5.41) is -1.08. The second kappa shape index (κ2) is 2.34. The molecule has 0 atom stereocenters. The topological polar surface area (TPSA) is 0 Å². The van der Waals surface area contributed by atoms with Gasteiger partial charge in [-0.15, -0.1) is 45.9 Å². The van der Waals surface area contributed by atoms with Crippen LogP contribution in [0.25, 0.3) is 0 Å². The van der Waals surface area contributed by atoms with Crippen LogP contribution < -0.4 is 0 Å².